The van der Waals surface area contributed by atoms with Crippen LogP contribution in [-0.2, 0) is 0 Å². The lowest BCUT2D eigenvalue weighted by Crippen LogP contribution is -2.16. The third-order valence-electron chi connectivity index (χ3n) is 4.59. The predicted molar refractivity (Wildman–Crippen MR) is 95.0 cm³/mol. The summed E-state index contributed by atoms with van der Waals surface area (Å²) in [5.74, 6) is 0. The Morgan fingerprint density at radius 1 is 0.429 bits per heavy atom. The molecule has 0 fully saturated rings. The van der Waals surface area contributed by atoms with Gasteiger partial charge in [0.25, 0.3) is 0 Å². The summed E-state index contributed by atoms with van der Waals surface area (Å²) in [6, 6.07) is 32.8. The highest BCUT2D eigenvalue weighted by Gasteiger charge is 2.36. The molecule has 0 aliphatic rings. The van der Waals surface area contributed by atoms with E-state index in [4.69, 9.17) is 0 Å². The van der Waals surface area contributed by atoms with E-state index in [2.05, 4.69) is 104 Å². The minimum absolute atomic E-state index is 1.43. The predicted octanol–water partition coefficient (Wildman–Crippen LogP) is 5.50. The Morgan fingerprint density at radius 3 is 0.905 bits per heavy atom. The van der Waals surface area contributed by atoms with Gasteiger partial charge in [-0.05, 0) is 27.2 Å². The molecule has 0 aliphatic carbocycles. The van der Waals surface area contributed by atoms with E-state index in [9.17, 15) is 0 Å². The minimum Gasteiger partial charge on any atom is -0.225 e. The second-order valence-corrected chi connectivity index (χ2v) is 11.9. The highest BCUT2D eigenvalue weighted by Crippen LogP contribution is 2.80. The highest BCUT2D eigenvalue weighted by molar-refractivity contribution is 8.48. The van der Waals surface area contributed by atoms with Crippen LogP contribution in [0.4, 0.5) is 0 Å². The summed E-state index contributed by atoms with van der Waals surface area (Å²) in [5, 5.41) is 0. The SMILES string of the molecule is C[SH](C)(c1ccccc1)(c1ccccc1)c1ccccc1. The first-order chi connectivity index (χ1) is 10.1. The molecule has 0 N–H and O–H groups in total. The summed E-state index contributed by atoms with van der Waals surface area (Å²) < 4.78 is 0. The van der Waals surface area contributed by atoms with Crippen molar-refractivity contribution in [2.24, 2.45) is 0 Å². The normalized spacial score (nSPS) is 13.3. The van der Waals surface area contributed by atoms with Gasteiger partial charge < -0.3 is 0 Å². The highest BCUT2D eigenvalue weighted by atomic mass is 32.3. The Balaban J connectivity index is 2.36. The van der Waals surface area contributed by atoms with Crippen LogP contribution in [0.1, 0.15) is 0 Å². The van der Waals surface area contributed by atoms with Crippen LogP contribution >= 0.6 is 9.16 Å². The zero-order valence-electron chi connectivity index (χ0n) is 12.6. The van der Waals surface area contributed by atoms with Gasteiger partial charge in [-0.3, -0.25) is 0 Å². The molecule has 3 rings (SSSR count). The van der Waals surface area contributed by atoms with Gasteiger partial charge in [-0.15, -0.1) is 0 Å². The number of rotatable bonds is 3. The minimum atomic E-state index is -2.37. The van der Waals surface area contributed by atoms with Crippen LogP contribution in [0.3, 0.4) is 0 Å². The van der Waals surface area contributed by atoms with Crippen molar-refractivity contribution in [3.63, 3.8) is 0 Å². The average Bonchev–Trinajstić information content (AvgIpc) is 2.57. The number of hydrogen-bond acceptors (Lipinski definition) is 0. The lowest BCUT2D eigenvalue weighted by atomic mass is 10.4. The number of benzene rings is 3. The van der Waals surface area contributed by atoms with Crippen molar-refractivity contribution in [1.29, 1.82) is 0 Å². The lowest BCUT2D eigenvalue weighted by molar-refractivity contribution is 1.26. The maximum absolute atomic E-state index is 2.45. The molecule has 1 heteroatoms. The first kappa shape index (κ1) is 14.0. The quantitative estimate of drug-likeness (QED) is 0.606. The van der Waals surface area contributed by atoms with Crippen molar-refractivity contribution in [3.8, 4) is 0 Å². The van der Waals surface area contributed by atoms with Crippen LogP contribution in [0.2, 0.25) is 0 Å². The van der Waals surface area contributed by atoms with Gasteiger partial charge in [0.2, 0.25) is 0 Å². The summed E-state index contributed by atoms with van der Waals surface area (Å²) in [4.78, 5) is 4.29. The first-order valence-corrected chi connectivity index (χ1v) is 10.4. The monoisotopic (exact) mass is 294 g/mol. The summed E-state index contributed by atoms with van der Waals surface area (Å²) in [6.45, 7) is 0. The molecular weight excluding hydrogens is 272 g/mol. The van der Waals surface area contributed by atoms with Gasteiger partial charge in [0.05, 0.1) is 0 Å². The van der Waals surface area contributed by atoms with E-state index in [0.717, 1.165) is 0 Å². The molecule has 0 radical (unpaired) electrons. The van der Waals surface area contributed by atoms with Crippen molar-refractivity contribution in [2.45, 2.75) is 14.7 Å². The summed E-state index contributed by atoms with van der Waals surface area (Å²) in [6.07, 6.45) is 4.90. The van der Waals surface area contributed by atoms with Gasteiger partial charge in [0, 0.05) is 0 Å². The Labute approximate surface area is 127 Å². The molecule has 0 amide bonds. The summed E-state index contributed by atoms with van der Waals surface area (Å²) in [5.41, 5.74) is 0. The van der Waals surface area contributed by atoms with Gasteiger partial charge in [-0.25, -0.2) is 9.16 Å². The fourth-order valence-electron chi connectivity index (χ4n) is 3.07. The fourth-order valence-corrected chi connectivity index (χ4v) is 7.17. The third-order valence-corrected chi connectivity index (χ3v) is 10.1. The van der Waals surface area contributed by atoms with Crippen molar-refractivity contribution < 1.29 is 0 Å². The Kier molecular flexibility index (Phi) is 3.38. The van der Waals surface area contributed by atoms with Gasteiger partial charge in [0.15, 0.2) is 0 Å². The topological polar surface area (TPSA) is 0 Å². The zero-order valence-corrected chi connectivity index (χ0v) is 13.5. The zero-order chi connectivity index (χ0) is 14.8. The molecule has 3 aromatic rings. The molecule has 0 atom stereocenters. The molecule has 108 valence electrons. The van der Waals surface area contributed by atoms with Gasteiger partial charge in [0.1, 0.15) is 0 Å². The molecule has 21 heavy (non-hydrogen) atoms. The van der Waals surface area contributed by atoms with Crippen molar-refractivity contribution in [2.75, 3.05) is 12.5 Å². The molecule has 0 bridgehead atoms. The van der Waals surface area contributed by atoms with Gasteiger partial charge in [-0.1, -0.05) is 91.0 Å². The average molecular weight is 294 g/mol. The van der Waals surface area contributed by atoms with Crippen LogP contribution in [-0.4, -0.2) is 12.5 Å². The van der Waals surface area contributed by atoms with E-state index in [0.29, 0.717) is 0 Å². The Hall–Kier alpha value is -1.99. The van der Waals surface area contributed by atoms with E-state index in [1.807, 2.05) is 0 Å². The van der Waals surface area contributed by atoms with E-state index in [-0.39, 0.29) is 0 Å². The van der Waals surface area contributed by atoms with Gasteiger partial charge >= 0.3 is 0 Å². The molecule has 0 aliphatic heterocycles. The number of thiol groups is 1. The lowest BCUT2D eigenvalue weighted by Gasteiger charge is -2.56. The molecule has 3 aromatic carbocycles. The Morgan fingerprint density at radius 2 is 0.667 bits per heavy atom. The van der Waals surface area contributed by atoms with E-state index in [1.54, 1.807) is 0 Å². The largest absolute Gasteiger partial charge is 0.225 e. The molecule has 0 saturated heterocycles. The van der Waals surface area contributed by atoms with Crippen molar-refractivity contribution >= 4 is 9.16 Å². The molecule has 0 spiro atoms. The van der Waals surface area contributed by atoms with Crippen LogP contribution < -0.4 is 0 Å². The molecule has 0 nitrogen and oxygen atoms in total. The van der Waals surface area contributed by atoms with Crippen molar-refractivity contribution in [3.05, 3.63) is 91.0 Å². The second kappa shape index (κ2) is 5.09. The van der Waals surface area contributed by atoms with Crippen LogP contribution in [0.5, 0.6) is 0 Å². The third kappa shape index (κ3) is 2.18. The first-order valence-electron chi connectivity index (χ1n) is 7.30. The van der Waals surface area contributed by atoms with Crippen LogP contribution in [0, 0.1) is 0 Å². The van der Waals surface area contributed by atoms with E-state index in [1.165, 1.54) is 14.7 Å². The maximum atomic E-state index is 2.45. The second-order valence-electron chi connectivity index (χ2n) is 6.13. The van der Waals surface area contributed by atoms with E-state index >= 15 is 0 Å². The Bertz CT molecular complexity index is 612. The van der Waals surface area contributed by atoms with E-state index < -0.39 is 9.16 Å². The summed E-state index contributed by atoms with van der Waals surface area (Å²) >= 11 is 0. The van der Waals surface area contributed by atoms with Gasteiger partial charge in [-0.2, -0.15) is 0 Å². The maximum Gasteiger partial charge on any atom is -0.0178 e. The molecule has 0 unspecified atom stereocenters. The standard InChI is InChI=1S/C20H22S/c1-21(2,18-12-6-3-7-13-18,19-14-8-4-9-15-19)20-16-10-5-11-17-20/h3-17,21H,1-2H3. The fraction of sp³-hybridized carbons (Fsp3) is 0.100. The summed E-state index contributed by atoms with van der Waals surface area (Å²) in [7, 11) is -2.37. The molecule has 0 aromatic heterocycles. The van der Waals surface area contributed by atoms with Crippen molar-refractivity contribution in [1.82, 2.24) is 0 Å². The van der Waals surface area contributed by atoms with Crippen LogP contribution in [0.25, 0.3) is 0 Å². The molecular formula is C20H22S. The van der Waals surface area contributed by atoms with Crippen LogP contribution in [0.15, 0.2) is 106 Å². The molecule has 0 heterocycles. The number of hydrogen-bond donors (Lipinski definition) is 1. The molecule has 0 saturated carbocycles. The smallest absolute Gasteiger partial charge is 0.0178 e.